The molecule has 0 spiro atoms. The molecule has 1 aliphatic carbocycles. The van der Waals surface area contributed by atoms with Gasteiger partial charge in [0.15, 0.2) is 0 Å². The van der Waals surface area contributed by atoms with E-state index in [2.05, 4.69) is 35.0 Å². The average molecular weight is 312 g/mol. The summed E-state index contributed by atoms with van der Waals surface area (Å²) in [6.45, 7) is 2.06. The Morgan fingerprint density at radius 2 is 1.78 bits per heavy atom. The molecule has 23 heavy (non-hydrogen) atoms. The van der Waals surface area contributed by atoms with Crippen molar-refractivity contribution in [2.75, 3.05) is 20.1 Å². The maximum Gasteiger partial charge on any atom is 0.254 e. The molecule has 0 radical (unpaired) electrons. The highest BCUT2D eigenvalue weighted by atomic mass is 16.2. The number of benzene rings is 1. The number of aryl methyl sites for hydroxylation is 2. The molecule has 4 rings (SSSR count). The van der Waals surface area contributed by atoms with Crippen LogP contribution in [-0.4, -0.2) is 47.9 Å². The van der Waals surface area contributed by atoms with Gasteiger partial charge in [0.2, 0.25) is 0 Å². The molecule has 2 saturated heterocycles. The third-order valence-corrected chi connectivity index (χ3v) is 6.19. The number of likely N-dealkylation sites (tertiary alicyclic amines) is 2. The van der Waals surface area contributed by atoms with Crippen LogP contribution < -0.4 is 0 Å². The highest BCUT2D eigenvalue weighted by Crippen LogP contribution is 2.30. The number of carbonyl (C=O) groups is 1. The Morgan fingerprint density at radius 3 is 2.65 bits per heavy atom. The Bertz CT molecular complexity index is 597. The highest BCUT2D eigenvalue weighted by molar-refractivity contribution is 5.95. The van der Waals surface area contributed by atoms with Gasteiger partial charge in [-0.15, -0.1) is 0 Å². The molecular weight excluding hydrogens is 284 g/mol. The molecule has 1 aromatic rings. The fraction of sp³-hybridized carbons (Fsp3) is 0.650. The number of carbonyl (C=O) groups excluding carboxylic acids is 1. The Labute approximate surface area is 139 Å². The highest BCUT2D eigenvalue weighted by Gasteiger charge is 2.39. The van der Waals surface area contributed by atoms with Crippen molar-refractivity contribution in [3.63, 3.8) is 0 Å². The quantitative estimate of drug-likeness (QED) is 0.794. The monoisotopic (exact) mass is 312 g/mol. The number of hydrogen-bond donors (Lipinski definition) is 0. The third-order valence-electron chi connectivity index (χ3n) is 6.19. The third kappa shape index (κ3) is 2.80. The minimum Gasteiger partial charge on any atom is -0.334 e. The molecule has 0 unspecified atom stereocenters. The van der Waals surface area contributed by atoms with Gasteiger partial charge in [-0.2, -0.15) is 0 Å². The van der Waals surface area contributed by atoms with Crippen LogP contribution in [-0.2, 0) is 12.8 Å². The topological polar surface area (TPSA) is 23.6 Å². The summed E-state index contributed by atoms with van der Waals surface area (Å²) in [4.78, 5) is 17.9. The molecule has 0 saturated carbocycles. The molecule has 2 heterocycles. The van der Waals surface area contributed by atoms with Crippen LogP contribution in [0.25, 0.3) is 0 Å². The van der Waals surface area contributed by atoms with Crippen LogP contribution in [0.5, 0.6) is 0 Å². The van der Waals surface area contributed by atoms with Crippen LogP contribution in [0.15, 0.2) is 18.2 Å². The average Bonchev–Trinajstić information content (AvgIpc) is 2.82. The van der Waals surface area contributed by atoms with Crippen LogP contribution in [0.3, 0.4) is 0 Å². The van der Waals surface area contributed by atoms with E-state index < -0.39 is 0 Å². The van der Waals surface area contributed by atoms with Gasteiger partial charge in [0.25, 0.3) is 5.91 Å². The van der Waals surface area contributed by atoms with Crippen LogP contribution in [0, 0.1) is 0 Å². The number of nitrogens with zero attached hydrogens (tertiary/aromatic N) is 2. The molecule has 3 aliphatic rings. The molecule has 3 nitrogen and oxygen atoms in total. The van der Waals surface area contributed by atoms with Crippen molar-refractivity contribution in [3.05, 3.63) is 34.9 Å². The van der Waals surface area contributed by atoms with Gasteiger partial charge >= 0.3 is 0 Å². The first-order valence-electron chi connectivity index (χ1n) is 9.37. The van der Waals surface area contributed by atoms with E-state index in [9.17, 15) is 4.79 Å². The normalized spacial score (nSPS) is 28.1. The fourth-order valence-electron chi connectivity index (χ4n) is 4.85. The van der Waals surface area contributed by atoms with Crippen LogP contribution in [0.2, 0.25) is 0 Å². The summed E-state index contributed by atoms with van der Waals surface area (Å²) < 4.78 is 0. The zero-order valence-electron chi connectivity index (χ0n) is 14.3. The van der Waals surface area contributed by atoms with Crippen molar-refractivity contribution in [1.82, 2.24) is 9.80 Å². The predicted octanol–water partition coefficient (Wildman–Crippen LogP) is 3.26. The second-order valence-electron chi connectivity index (χ2n) is 7.59. The molecule has 0 aromatic heterocycles. The Hall–Kier alpha value is -1.35. The largest absolute Gasteiger partial charge is 0.334 e. The van der Waals surface area contributed by atoms with E-state index in [0.717, 1.165) is 37.9 Å². The van der Waals surface area contributed by atoms with Crippen LogP contribution in [0.1, 0.15) is 60.0 Å². The van der Waals surface area contributed by atoms with Gasteiger partial charge < -0.3 is 9.80 Å². The summed E-state index contributed by atoms with van der Waals surface area (Å²) in [5.41, 5.74) is 3.79. The van der Waals surface area contributed by atoms with Crippen LogP contribution in [0.4, 0.5) is 0 Å². The summed E-state index contributed by atoms with van der Waals surface area (Å²) in [6.07, 6.45) is 9.67. The SMILES string of the molecule is CN1CC[C@@H]2[C@H]1CCCCN2C(=O)c1ccc2c(c1)CCCC2. The predicted molar refractivity (Wildman–Crippen MR) is 92.8 cm³/mol. The first kappa shape index (κ1) is 15.2. The van der Waals surface area contributed by atoms with Gasteiger partial charge in [-0.3, -0.25) is 4.79 Å². The van der Waals surface area contributed by atoms with Crippen molar-refractivity contribution in [2.45, 2.75) is 63.5 Å². The van der Waals surface area contributed by atoms with E-state index >= 15 is 0 Å². The van der Waals surface area contributed by atoms with Gasteiger partial charge in [0.1, 0.15) is 0 Å². The number of likely N-dealkylation sites (N-methyl/N-ethyl adjacent to an activating group) is 1. The van der Waals surface area contributed by atoms with E-state index in [-0.39, 0.29) is 5.91 Å². The van der Waals surface area contributed by atoms with Gasteiger partial charge in [0.05, 0.1) is 0 Å². The Kier molecular flexibility index (Phi) is 4.14. The minimum absolute atomic E-state index is 0.269. The van der Waals surface area contributed by atoms with E-state index in [1.54, 1.807) is 0 Å². The lowest BCUT2D eigenvalue weighted by Crippen LogP contribution is -2.46. The Balaban J connectivity index is 1.60. The molecular formula is C20H28N2O. The van der Waals surface area contributed by atoms with Gasteiger partial charge in [-0.1, -0.05) is 12.5 Å². The molecule has 0 bridgehead atoms. The van der Waals surface area contributed by atoms with Gasteiger partial charge in [-0.05, 0) is 75.3 Å². The van der Waals surface area contributed by atoms with Crippen molar-refractivity contribution in [1.29, 1.82) is 0 Å². The molecule has 124 valence electrons. The molecule has 0 N–H and O–H groups in total. The van der Waals surface area contributed by atoms with E-state index in [1.807, 2.05) is 0 Å². The second kappa shape index (κ2) is 6.27. The Morgan fingerprint density at radius 1 is 0.957 bits per heavy atom. The van der Waals surface area contributed by atoms with Gasteiger partial charge in [-0.25, -0.2) is 0 Å². The molecule has 1 aromatic carbocycles. The van der Waals surface area contributed by atoms with Crippen molar-refractivity contribution < 1.29 is 4.79 Å². The van der Waals surface area contributed by atoms with Crippen molar-refractivity contribution in [2.24, 2.45) is 0 Å². The number of hydrogen-bond acceptors (Lipinski definition) is 2. The van der Waals surface area contributed by atoms with Crippen LogP contribution >= 0.6 is 0 Å². The first-order chi connectivity index (χ1) is 11.2. The molecule has 1 amide bonds. The maximum atomic E-state index is 13.2. The fourth-order valence-corrected chi connectivity index (χ4v) is 4.85. The molecule has 2 fully saturated rings. The zero-order valence-corrected chi connectivity index (χ0v) is 14.3. The first-order valence-corrected chi connectivity index (χ1v) is 9.37. The zero-order chi connectivity index (χ0) is 15.8. The lowest BCUT2D eigenvalue weighted by molar-refractivity contribution is 0.0659. The number of rotatable bonds is 1. The second-order valence-corrected chi connectivity index (χ2v) is 7.59. The number of fused-ring (bicyclic) bond motifs is 2. The van der Waals surface area contributed by atoms with E-state index in [0.29, 0.717) is 12.1 Å². The maximum absolute atomic E-state index is 13.2. The minimum atomic E-state index is 0.269. The lowest BCUT2D eigenvalue weighted by atomic mass is 9.90. The van der Waals surface area contributed by atoms with Crippen molar-refractivity contribution in [3.8, 4) is 0 Å². The summed E-state index contributed by atoms with van der Waals surface area (Å²) in [5.74, 6) is 0.269. The molecule has 2 atom stereocenters. The summed E-state index contributed by atoms with van der Waals surface area (Å²) in [7, 11) is 2.22. The summed E-state index contributed by atoms with van der Waals surface area (Å²) in [6, 6.07) is 7.46. The van der Waals surface area contributed by atoms with E-state index in [1.165, 1.54) is 43.2 Å². The molecule has 3 heteroatoms. The standard InChI is InChI=1S/C20H28N2O/c1-21-13-11-19-18(21)8-4-5-12-22(19)20(23)17-10-9-15-6-2-3-7-16(15)14-17/h9-10,14,18-19H,2-8,11-13H2,1H3/t18-,19-/m1/s1. The van der Waals surface area contributed by atoms with E-state index in [4.69, 9.17) is 0 Å². The number of amides is 1. The summed E-state index contributed by atoms with van der Waals surface area (Å²) >= 11 is 0. The van der Waals surface area contributed by atoms with Crippen molar-refractivity contribution >= 4 is 5.91 Å². The summed E-state index contributed by atoms with van der Waals surface area (Å²) in [5, 5.41) is 0. The van der Waals surface area contributed by atoms with Gasteiger partial charge in [0, 0.05) is 30.7 Å². The lowest BCUT2D eigenvalue weighted by Gasteiger charge is -2.32. The molecule has 2 aliphatic heterocycles. The smallest absolute Gasteiger partial charge is 0.254 e.